The van der Waals surface area contributed by atoms with Crippen molar-refractivity contribution in [3.05, 3.63) is 0 Å². The van der Waals surface area contributed by atoms with Gasteiger partial charge in [-0.1, -0.05) is 12.8 Å². The van der Waals surface area contributed by atoms with E-state index in [0.29, 0.717) is 13.0 Å². The van der Waals surface area contributed by atoms with Crippen molar-refractivity contribution in [3.63, 3.8) is 0 Å². The van der Waals surface area contributed by atoms with E-state index < -0.39 is 0 Å². The lowest BCUT2D eigenvalue weighted by atomic mass is 10.1. The van der Waals surface area contributed by atoms with Crippen molar-refractivity contribution in [1.29, 1.82) is 0 Å². The summed E-state index contributed by atoms with van der Waals surface area (Å²) < 4.78 is 0. The molecule has 0 aromatic heterocycles. The normalized spacial score (nSPS) is 24.8. The average Bonchev–Trinajstić information content (AvgIpc) is 2.96. The van der Waals surface area contributed by atoms with Crippen LogP contribution in [-0.4, -0.2) is 47.9 Å². The zero-order valence-corrected chi connectivity index (χ0v) is 11.8. The van der Waals surface area contributed by atoms with Gasteiger partial charge >= 0.3 is 0 Å². The molecule has 2 fully saturated rings. The van der Waals surface area contributed by atoms with E-state index >= 15 is 0 Å². The van der Waals surface area contributed by atoms with Crippen LogP contribution in [0.4, 0.5) is 0 Å². The van der Waals surface area contributed by atoms with Gasteiger partial charge in [0.05, 0.1) is 5.92 Å². The van der Waals surface area contributed by atoms with Crippen molar-refractivity contribution in [1.82, 2.24) is 10.2 Å². The predicted molar refractivity (Wildman–Crippen MR) is 73.5 cm³/mol. The molecule has 1 saturated heterocycles. The number of hydrogen-bond donors (Lipinski definition) is 1. The van der Waals surface area contributed by atoms with E-state index in [9.17, 15) is 9.59 Å². The van der Waals surface area contributed by atoms with Crippen LogP contribution in [0.3, 0.4) is 0 Å². The van der Waals surface area contributed by atoms with Crippen LogP contribution in [0.5, 0.6) is 0 Å². The molecule has 5 heteroatoms. The molecule has 1 N–H and O–H groups in total. The number of thioether (sulfide) groups is 1. The van der Waals surface area contributed by atoms with Crippen LogP contribution in [-0.2, 0) is 9.59 Å². The van der Waals surface area contributed by atoms with Gasteiger partial charge in [0.1, 0.15) is 0 Å². The van der Waals surface area contributed by atoms with Crippen LogP contribution in [0.1, 0.15) is 32.1 Å². The van der Waals surface area contributed by atoms with Crippen LogP contribution in [0.15, 0.2) is 0 Å². The van der Waals surface area contributed by atoms with Gasteiger partial charge in [0.15, 0.2) is 0 Å². The number of carbonyl (C=O) groups excluding carboxylic acids is 2. The lowest BCUT2D eigenvalue weighted by Gasteiger charge is -2.12. The highest BCUT2D eigenvalue weighted by molar-refractivity contribution is 7.99. The zero-order valence-electron chi connectivity index (χ0n) is 11.0. The van der Waals surface area contributed by atoms with E-state index in [-0.39, 0.29) is 17.7 Å². The van der Waals surface area contributed by atoms with E-state index in [2.05, 4.69) is 5.32 Å². The summed E-state index contributed by atoms with van der Waals surface area (Å²) in [6.45, 7) is 1.30. The maximum Gasteiger partial charge on any atom is 0.225 e. The molecule has 0 bridgehead atoms. The fourth-order valence-corrected chi connectivity index (χ4v) is 3.86. The Morgan fingerprint density at radius 3 is 2.78 bits per heavy atom. The lowest BCUT2D eigenvalue weighted by molar-refractivity contribution is -0.128. The highest BCUT2D eigenvalue weighted by Crippen LogP contribution is 2.28. The van der Waals surface area contributed by atoms with Gasteiger partial charge in [-0.2, -0.15) is 11.8 Å². The molecule has 2 rings (SSSR count). The molecule has 2 amide bonds. The standard InChI is InChI=1S/C13H22N2O2S/c1-15-9-10(8-12(15)16)13(17)14-6-7-18-11-4-2-3-5-11/h10-11H,2-9H2,1H3,(H,14,17). The molecule has 1 saturated carbocycles. The lowest BCUT2D eigenvalue weighted by Crippen LogP contribution is -2.33. The number of hydrogen-bond acceptors (Lipinski definition) is 3. The van der Waals surface area contributed by atoms with Crippen molar-refractivity contribution in [3.8, 4) is 0 Å². The second-order valence-electron chi connectivity index (χ2n) is 5.24. The Bertz CT molecular complexity index is 316. The molecule has 1 aliphatic carbocycles. The summed E-state index contributed by atoms with van der Waals surface area (Å²) in [5, 5.41) is 3.76. The fourth-order valence-electron chi connectivity index (χ4n) is 2.64. The number of amides is 2. The first-order valence-electron chi connectivity index (χ1n) is 6.80. The Kier molecular flexibility index (Phi) is 4.92. The second kappa shape index (κ2) is 6.45. The molecule has 1 aliphatic heterocycles. The Morgan fingerprint density at radius 1 is 1.44 bits per heavy atom. The molecule has 0 spiro atoms. The molecule has 1 heterocycles. The quantitative estimate of drug-likeness (QED) is 0.765. The molecule has 102 valence electrons. The minimum absolute atomic E-state index is 0.0414. The average molecular weight is 270 g/mol. The van der Waals surface area contributed by atoms with Crippen LogP contribution in [0.2, 0.25) is 0 Å². The first-order valence-corrected chi connectivity index (χ1v) is 7.85. The maximum absolute atomic E-state index is 11.8. The van der Waals surface area contributed by atoms with Gasteiger partial charge in [0.25, 0.3) is 0 Å². The monoisotopic (exact) mass is 270 g/mol. The first kappa shape index (κ1) is 13.7. The van der Waals surface area contributed by atoms with E-state index in [1.54, 1.807) is 11.9 Å². The molecule has 1 atom stereocenters. The van der Waals surface area contributed by atoms with Crippen molar-refractivity contribution in [2.24, 2.45) is 5.92 Å². The largest absolute Gasteiger partial charge is 0.355 e. The molecular weight excluding hydrogens is 248 g/mol. The fraction of sp³-hybridized carbons (Fsp3) is 0.846. The second-order valence-corrected chi connectivity index (χ2v) is 6.65. The van der Waals surface area contributed by atoms with Gasteiger partial charge in [0, 0.05) is 37.6 Å². The Labute approximate surface area is 113 Å². The van der Waals surface area contributed by atoms with Crippen LogP contribution >= 0.6 is 11.8 Å². The van der Waals surface area contributed by atoms with E-state index in [1.165, 1.54) is 25.7 Å². The van der Waals surface area contributed by atoms with Crippen LogP contribution < -0.4 is 5.32 Å². The highest BCUT2D eigenvalue weighted by atomic mass is 32.2. The topological polar surface area (TPSA) is 49.4 Å². The minimum atomic E-state index is -0.140. The van der Waals surface area contributed by atoms with Gasteiger partial charge in [-0.15, -0.1) is 0 Å². The summed E-state index contributed by atoms with van der Waals surface area (Å²) in [6.07, 6.45) is 5.76. The number of nitrogens with one attached hydrogen (secondary N) is 1. The minimum Gasteiger partial charge on any atom is -0.355 e. The van der Waals surface area contributed by atoms with Gasteiger partial charge < -0.3 is 10.2 Å². The Balaban J connectivity index is 1.58. The third-order valence-electron chi connectivity index (χ3n) is 3.77. The molecule has 1 unspecified atom stereocenters. The Morgan fingerprint density at radius 2 is 2.17 bits per heavy atom. The van der Waals surface area contributed by atoms with Crippen molar-refractivity contribution < 1.29 is 9.59 Å². The molecule has 4 nitrogen and oxygen atoms in total. The molecular formula is C13H22N2O2S. The summed E-state index contributed by atoms with van der Waals surface area (Å²) in [6, 6.07) is 0. The predicted octanol–water partition coefficient (Wildman–Crippen LogP) is 1.26. The number of likely N-dealkylation sites (tertiary alicyclic amines) is 1. The maximum atomic E-state index is 11.8. The third-order valence-corrected chi connectivity index (χ3v) is 5.15. The molecule has 0 radical (unpaired) electrons. The van der Waals surface area contributed by atoms with E-state index in [4.69, 9.17) is 0 Å². The highest BCUT2D eigenvalue weighted by Gasteiger charge is 2.31. The van der Waals surface area contributed by atoms with Gasteiger partial charge in [-0.25, -0.2) is 0 Å². The number of carbonyl (C=O) groups is 2. The number of rotatable bonds is 5. The van der Waals surface area contributed by atoms with E-state index in [0.717, 1.165) is 17.5 Å². The SMILES string of the molecule is CN1CC(C(=O)NCCSC2CCCC2)CC1=O. The molecule has 2 aliphatic rings. The summed E-state index contributed by atoms with van der Waals surface area (Å²) >= 11 is 1.98. The van der Waals surface area contributed by atoms with Crippen LogP contribution in [0, 0.1) is 5.92 Å². The van der Waals surface area contributed by atoms with Gasteiger partial charge in [-0.05, 0) is 12.8 Å². The van der Waals surface area contributed by atoms with Gasteiger partial charge in [0.2, 0.25) is 11.8 Å². The zero-order chi connectivity index (χ0) is 13.0. The summed E-state index contributed by atoms with van der Waals surface area (Å²) in [4.78, 5) is 24.8. The summed E-state index contributed by atoms with van der Waals surface area (Å²) in [5.41, 5.74) is 0. The first-order chi connectivity index (χ1) is 8.66. The number of nitrogens with zero attached hydrogens (tertiary/aromatic N) is 1. The summed E-state index contributed by atoms with van der Waals surface area (Å²) in [5.74, 6) is 0.974. The summed E-state index contributed by atoms with van der Waals surface area (Å²) in [7, 11) is 1.76. The van der Waals surface area contributed by atoms with Gasteiger partial charge in [-0.3, -0.25) is 9.59 Å². The third kappa shape index (κ3) is 3.64. The van der Waals surface area contributed by atoms with Crippen LogP contribution in [0.25, 0.3) is 0 Å². The Hall–Kier alpha value is -0.710. The molecule has 0 aromatic carbocycles. The molecule has 18 heavy (non-hydrogen) atoms. The molecule has 0 aromatic rings. The van der Waals surface area contributed by atoms with Crippen molar-refractivity contribution >= 4 is 23.6 Å². The van der Waals surface area contributed by atoms with E-state index in [1.807, 2.05) is 11.8 Å². The van der Waals surface area contributed by atoms with Crippen molar-refractivity contribution in [2.75, 3.05) is 25.9 Å². The smallest absolute Gasteiger partial charge is 0.225 e. The van der Waals surface area contributed by atoms with Crippen molar-refractivity contribution in [2.45, 2.75) is 37.4 Å².